The molecule has 0 aliphatic carbocycles. The van der Waals surface area contributed by atoms with E-state index in [1.54, 1.807) is 16.8 Å². The summed E-state index contributed by atoms with van der Waals surface area (Å²) in [6.07, 6.45) is 0. The molecule has 1 amide bonds. The minimum absolute atomic E-state index is 0.124. The quantitative estimate of drug-likeness (QED) is 0.552. The minimum Gasteiger partial charge on any atom is -0.508 e. The number of amides is 1. The summed E-state index contributed by atoms with van der Waals surface area (Å²) in [6, 6.07) is 7.31. The number of carbonyl (C=O) groups excluding carboxylic acids is 1. The fraction of sp³-hybridized carbons (Fsp3) is 0.450. The fourth-order valence-corrected chi connectivity index (χ4v) is 2.84. The Morgan fingerprint density at radius 2 is 1.96 bits per heavy atom. The summed E-state index contributed by atoms with van der Waals surface area (Å²) in [6.45, 7) is 12.4. The van der Waals surface area contributed by atoms with Crippen LogP contribution in [0.4, 0.5) is 0 Å². The van der Waals surface area contributed by atoms with Gasteiger partial charge in [-0.3, -0.25) is 14.4 Å². The number of hydrogen-bond acceptors (Lipinski definition) is 5. The number of aromatic hydroxyl groups is 1. The number of aromatic nitrogens is 2. The Labute approximate surface area is 160 Å². The van der Waals surface area contributed by atoms with Gasteiger partial charge in [0, 0.05) is 17.8 Å². The van der Waals surface area contributed by atoms with E-state index < -0.39 is 0 Å². The van der Waals surface area contributed by atoms with Crippen LogP contribution in [0.5, 0.6) is 5.75 Å². The van der Waals surface area contributed by atoms with Crippen molar-refractivity contribution >= 4 is 11.6 Å². The summed E-state index contributed by atoms with van der Waals surface area (Å²) in [5.41, 5.74) is 6.78. The van der Waals surface area contributed by atoms with E-state index in [4.69, 9.17) is 0 Å². The molecule has 2 aromatic rings. The average Bonchev–Trinajstić information content (AvgIpc) is 2.95. The molecule has 0 spiro atoms. The fourth-order valence-electron chi connectivity index (χ4n) is 2.84. The molecule has 27 heavy (non-hydrogen) atoms. The Kier molecular flexibility index (Phi) is 7.12. The molecule has 0 unspecified atom stereocenters. The van der Waals surface area contributed by atoms with Crippen LogP contribution in [0.3, 0.4) is 0 Å². The normalized spacial score (nSPS) is 11.9. The van der Waals surface area contributed by atoms with Crippen molar-refractivity contribution in [3.63, 3.8) is 0 Å². The summed E-state index contributed by atoms with van der Waals surface area (Å²) >= 11 is 0. The van der Waals surface area contributed by atoms with E-state index in [1.165, 1.54) is 0 Å². The SMILES string of the molecule is CCN(CC)Cc1cc(/C(C)=N/NC(=O)Cn2nc(C)cc2C)ccc1O. The van der Waals surface area contributed by atoms with Crippen LogP contribution in [0, 0.1) is 13.8 Å². The first-order valence-electron chi connectivity index (χ1n) is 9.22. The number of nitrogens with zero attached hydrogens (tertiary/aromatic N) is 4. The maximum absolute atomic E-state index is 12.1. The molecule has 1 aromatic carbocycles. The topological polar surface area (TPSA) is 82.8 Å². The molecule has 7 heteroatoms. The van der Waals surface area contributed by atoms with E-state index in [0.717, 1.165) is 35.6 Å². The predicted octanol–water partition coefficient (Wildman–Crippen LogP) is 2.59. The third-order valence-electron chi connectivity index (χ3n) is 4.53. The summed E-state index contributed by atoms with van der Waals surface area (Å²) < 4.78 is 1.65. The second kappa shape index (κ2) is 9.32. The molecule has 0 atom stereocenters. The first-order valence-corrected chi connectivity index (χ1v) is 9.22. The summed E-state index contributed by atoms with van der Waals surface area (Å²) in [5.74, 6) is 0.0368. The molecule has 1 aromatic heterocycles. The van der Waals surface area contributed by atoms with Crippen LogP contribution in [0.25, 0.3) is 0 Å². The monoisotopic (exact) mass is 371 g/mol. The zero-order valence-corrected chi connectivity index (χ0v) is 16.8. The van der Waals surface area contributed by atoms with Crippen LogP contribution in [0.1, 0.15) is 43.3 Å². The molecule has 0 saturated heterocycles. The summed E-state index contributed by atoms with van der Waals surface area (Å²) in [5, 5.41) is 18.6. The lowest BCUT2D eigenvalue weighted by Gasteiger charge is -2.19. The van der Waals surface area contributed by atoms with Gasteiger partial charge >= 0.3 is 0 Å². The maximum Gasteiger partial charge on any atom is 0.261 e. The van der Waals surface area contributed by atoms with Crippen LogP contribution in [0.15, 0.2) is 29.4 Å². The van der Waals surface area contributed by atoms with E-state index in [9.17, 15) is 9.90 Å². The summed E-state index contributed by atoms with van der Waals surface area (Å²) in [7, 11) is 0. The minimum atomic E-state index is -0.234. The Bertz CT molecular complexity index is 822. The largest absolute Gasteiger partial charge is 0.508 e. The van der Waals surface area contributed by atoms with Gasteiger partial charge < -0.3 is 5.11 Å². The molecule has 0 radical (unpaired) electrons. The zero-order chi connectivity index (χ0) is 20.0. The molecule has 0 bridgehead atoms. The number of rotatable bonds is 8. The lowest BCUT2D eigenvalue weighted by molar-refractivity contribution is -0.121. The van der Waals surface area contributed by atoms with Crippen LogP contribution in [-0.4, -0.2) is 44.5 Å². The maximum atomic E-state index is 12.1. The van der Waals surface area contributed by atoms with Crippen molar-refractivity contribution in [3.8, 4) is 5.75 Å². The van der Waals surface area contributed by atoms with Crippen molar-refractivity contribution in [3.05, 3.63) is 46.8 Å². The van der Waals surface area contributed by atoms with Gasteiger partial charge in [0.2, 0.25) is 0 Å². The van der Waals surface area contributed by atoms with Gasteiger partial charge in [-0.25, -0.2) is 5.43 Å². The third-order valence-corrected chi connectivity index (χ3v) is 4.53. The smallest absolute Gasteiger partial charge is 0.261 e. The molecule has 0 fully saturated rings. The summed E-state index contributed by atoms with van der Waals surface area (Å²) in [4.78, 5) is 14.4. The van der Waals surface area contributed by atoms with Gasteiger partial charge in [0.05, 0.1) is 11.4 Å². The molecule has 0 aliphatic heterocycles. The Morgan fingerprint density at radius 1 is 1.26 bits per heavy atom. The number of phenols is 1. The standard InChI is InChI=1S/C20H29N5O2/c1-6-24(7-2)12-18-11-17(8-9-19(18)26)16(5)21-22-20(27)13-25-15(4)10-14(3)23-25/h8-11,26H,6-7,12-13H2,1-5H3,(H,22,27)/b21-16+. The van der Waals surface area contributed by atoms with Crippen molar-refractivity contribution in [2.24, 2.45) is 5.10 Å². The second-order valence-corrected chi connectivity index (χ2v) is 6.62. The van der Waals surface area contributed by atoms with Gasteiger partial charge in [0.25, 0.3) is 5.91 Å². The van der Waals surface area contributed by atoms with Crippen LogP contribution >= 0.6 is 0 Å². The molecule has 0 saturated carbocycles. The Hall–Kier alpha value is -2.67. The number of hydrazone groups is 1. The predicted molar refractivity (Wildman–Crippen MR) is 107 cm³/mol. The number of phenolic OH excluding ortho intramolecular Hbond substituents is 1. The first kappa shape index (κ1) is 20.6. The highest BCUT2D eigenvalue weighted by atomic mass is 16.3. The highest BCUT2D eigenvalue weighted by Gasteiger charge is 2.10. The van der Waals surface area contributed by atoms with Gasteiger partial charge in [-0.2, -0.15) is 10.2 Å². The van der Waals surface area contributed by atoms with Gasteiger partial charge in [0.1, 0.15) is 12.3 Å². The van der Waals surface area contributed by atoms with E-state index >= 15 is 0 Å². The lowest BCUT2D eigenvalue weighted by Crippen LogP contribution is -2.25. The number of nitrogens with one attached hydrogen (secondary N) is 1. The van der Waals surface area contributed by atoms with Crippen LogP contribution < -0.4 is 5.43 Å². The van der Waals surface area contributed by atoms with Crippen molar-refractivity contribution in [2.45, 2.75) is 47.7 Å². The third kappa shape index (κ3) is 5.65. The molecule has 1 heterocycles. The number of aryl methyl sites for hydroxylation is 2. The molecule has 2 N–H and O–H groups in total. The van der Waals surface area contributed by atoms with Crippen LogP contribution in [0.2, 0.25) is 0 Å². The molecular formula is C20H29N5O2. The van der Waals surface area contributed by atoms with Gasteiger partial charge in [-0.1, -0.05) is 13.8 Å². The van der Waals surface area contributed by atoms with Gasteiger partial charge in [-0.15, -0.1) is 0 Å². The Morgan fingerprint density at radius 3 is 2.56 bits per heavy atom. The van der Waals surface area contributed by atoms with Crippen molar-refractivity contribution < 1.29 is 9.90 Å². The van der Waals surface area contributed by atoms with Gasteiger partial charge in [-0.05, 0) is 63.7 Å². The molecule has 2 rings (SSSR count). The van der Waals surface area contributed by atoms with Gasteiger partial charge in [0.15, 0.2) is 0 Å². The van der Waals surface area contributed by atoms with Crippen molar-refractivity contribution in [1.82, 2.24) is 20.1 Å². The second-order valence-electron chi connectivity index (χ2n) is 6.62. The Balaban J connectivity index is 2.06. The first-order chi connectivity index (χ1) is 12.8. The highest BCUT2D eigenvalue weighted by molar-refractivity contribution is 5.99. The van der Waals surface area contributed by atoms with E-state index in [2.05, 4.69) is 34.4 Å². The van der Waals surface area contributed by atoms with E-state index in [-0.39, 0.29) is 18.2 Å². The lowest BCUT2D eigenvalue weighted by atomic mass is 10.1. The number of carbonyl (C=O) groups is 1. The average molecular weight is 371 g/mol. The van der Waals surface area contributed by atoms with E-state index in [1.807, 2.05) is 32.9 Å². The highest BCUT2D eigenvalue weighted by Crippen LogP contribution is 2.20. The molecular weight excluding hydrogens is 342 g/mol. The van der Waals surface area contributed by atoms with Crippen LogP contribution in [-0.2, 0) is 17.9 Å². The van der Waals surface area contributed by atoms with E-state index in [0.29, 0.717) is 12.3 Å². The molecule has 7 nitrogen and oxygen atoms in total. The number of benzene rings is 1. The zero-order valence-electron chi connectivity index (χ0n) is 16.8. The number of hydrogen-bond donors (Lipinski definition) is 2. The van der Waals surface area contributed by atoms with Crippen molar-refractivity contribution in [1.29, 1.82) is 0 Å². The molecule has 146 valence electrons. The molecule has 0 aliphatic rings. The van der Waals surface area contributed by atoms with Crippen molar-refractivity contribution in [2.75, 3.05) is 13.1 Å².